The molecule has 4 nitrogen and oxygen atoms in total. The molecule has 4 heteroatoms. The van der Waals surface area contributed by atoms with E-state index in [0.29, 0.717) is 6.54 Å². The maximum Gasteiger partial charge on any atom is 0.222 e. The lowest BCUT2D eigenvalue weighted by Gasteiger charge is -2.10. The summed E-state index contributed by atoms with van der Waals surface area (Å²) in [6.07, 6.45) is 1.81. The summed E-state index contributed by atoms with van der Waals surface area (Å²) in [5, 5.41) is 2.94. The van der Waals surface area contributed by atoms with Gasteiger partial charge in [0.05, 0.1) is 5.69 Å². The Kier molecular flexibility index (Phi) is 5.63. The molecular formula is C19H23N3O. The fraction of sp³-hybridized carbons (Fsp3) is 0.316. The fourth-order valence-electron chi connectivity index (χ4n) is 2.24. The Morgan fingerprint density at radius 3 is 2.74 bits per heavy atom. The van der Waals surface area contributed by atoms with Gasteiger partial charge in [0.1, 0.15) is 0 Å². The first-order chi connectivity index (χ1) is 11.0. The average Bonchev–Trinajstić information content (AvgIpc) is 2.54. The second-order valence-electron chi connectivity index (χ2n) is 5.83. The number of pyridine rings is 1. The molecule has 1 N–H and O–H groups in total. The van der Waals surface area contributed by atoms with E-state index in [1.807, 2.05) is 57.3 Å². The summed E-state index contributed by atoms with van der Waals surface area (Å²) < 4.78 is 0. The van der Waals surface area contributed by atoms with Gasteiger partial charge in [-0.05, 0) is 30.7 Å². The Labute approximate surface area is 137 Å². The number of amides is 1. The number of hydrogen-bond acceptors (Lipinski definition) is 3. The third-order valence-corrected chi connectivity index (χ3v) is 3.61. The zero-order valence-corrected chi connectivity index (χ0v) is 14.1. The molecule has 0 unspecified atom stereocenters. The van der Waals surface area contributed by atoms with Gasteiger partial charge >= 0.3 is 0 Å². The normalized spacial score (nSPS) is 11.2. The van der Waals surface area contributed by atoms with Crippen LogP contribution in [0.4, 0.5) is 0 Å². The van der Waals surface area contributed by atoms with E-state index < -0.39 is 0 Å². The van der Waals surface area contributed by atoms with Crippen molar-refractivity contribution in [3.63, 3.8) is 0 Å². The Hall–Kier alpha value is -2.49. The van der Waals surface area contributed by atoms with Crippen LogP contribution in [0.5, 0.6) is 0 Å². The SMILES string of the molecule is C/N=C\c1ccc(-c2cccc(CNC(=O)C(C)C)c2)nc1C. The van der Waals surface area contributed by atoms with Crippen molar-refractivity contribution in [3.8, 4) is 11.3 Å². The van der Waals surface area contributed by atoms with Gasteiger partial charge < -0.3 is 5.32 Å². The van der Waals surface area contributed by atoms with Gasteiger partial charge in [0.2, 0.25) is 5.91 Å². The first-order valence-corrected chi connectivity index (χ1v) is 7.78. The van der Waals surface area contributed by atoms with Crippen LogP contribution in [0.1, 0.15) is 30.7 Å². The molecule has 2 rings (SSSR count). The second kappa shape index (κ2) is 7.68. The molecule has 120 valence electrons. The van der Waals surface area contributed by atoms with Crippen LogP contribution in [-0.4, -0.2) is 24.2 Å². The van der Waals surface area contributed by atoms with E-state index in [9.17, 15) is 4.79 Å². The van der Waals surface area contributed by atoms with Crippen LogP contribution >= 0.6 is 0 Å². The predicted molar refractivity (Wildman–Crippen MR) is 94.6 cm³/mol. The minimum absolute atomic E-state index is 0.00438. The lowest BCUT2D eigenvalue weighted by atomic mass is 10.1. The van der Waals surface area contributed by atoms with E-state index >= 15 is 0 Å². The van der Waals surface area contributed by atoms with E-state index in [-0.39, 0.29) is 11.8 Å². The van der Waals surface area contributed by atoms with Crippen molar-refractivity contribution in [1.82, 2.24) is 10.3 Å². The van der Waals surface area contributed by atoms with Crippen LogP contribution in [0.2, 0.25) is 0 Å². The number of rotatable bonds is 5. The summed E-state index contributed by atoms with van der Waals surface area (Å²) in [6.45, 7) is 6.29. The van der Waals surface area contributed by atoms with E-state index in [1.54, 1.807) is 7.05 Å². The molecule has 1 aromatic heterocycles. The van der Waals surface area contributed by atoms with Crippen molar-refractivity contribution in [2.75, 3.05) is 7.05 Å². The number of carbonyl (C=O) groups excluding carboxylic acids is 1. The molecule has 0 saturated heterocycles. The highest BCUT2D eigenvalue weighted by Gasteiger charge is 2.07. The van der Waals surface area contributed by atoms with Gasteiger partial charge in [0, 0.05) is 42.5 Å². The molecule has 1 amide bonds. The number of benzene rings is 1. The topological polar surface area (TPSA) is 54.4 Å². The van der Waals surface area contributed by atoms with Gasteiger partial charge in [-0.25, -0.2) is 0 Å². The van der Waals surface area contributed by atoms with Crippen molar-refractivity contribution >= 4 is 12.1 Å². The zero-order valence-electron chi connectivity index (χ0n) is 14.1. The van der Waals surface area contributed by atoms with Crippen molar-refractivity contribution in [3.05, 3.63) is 53.2 Å². The number of nitrogens with one attached hydrogen (secondary N) is 1. The summed E-state index contributed by atoms with van der Waals surface area (Å²) in [5.41, 5.74) is 5.01. The van der Waals surface area contributed by atoms with E-state index in [1.165, 1.54) is 0 Å². The standard InChI is InChI=1S/C19H23N3O/c1-13(2)19(23)21-11-15-6-5-7-16(10-15)18-9-8-17(12-20-4)14(3)22-18/h5-10,12-13H,11H2,1-4H3,(H,21,23)/b20-12-. The van der Waals surface area contributed by atoms with Crippen LogP contribution in [0.15, 0.2) is 41.4 Å². The van der Waals surface area contributed by atoms with Crippen LogP contribution in [0.3, 0.4) is 0 Å². The second-order valence-corrected chi connectivity index (χ2v) is 5.83. The largest absolute Gasteiger partial charge is 0.352 e. The highest BCUT2D eigenvalue weighted by atomic mass is 16.1. The summed E-state index contributed by atoms with van der Waals surface area (Å²) in [6, 6.07) is 12.1. The number of carbonyl (C=O) groups is 1. The minimum Gasteiger partial charge on any atom is -0.352 e. The Balaban J connectivity index is 2.19. The number of aryl methyl sites for hydroxylation is 1. The smallest absolute Gasteiger partial charge is 0.222 e. The molecular weight excluding hydrogens is 286 g/mol. The summed E-state index contributed by atoms with van der Waals surface area (Å²) in [7, 11) is 1.75. The van der Waals surface area contributed by atoms with Crippen LogP contribution in [0, 0.1) is 12.8 Å². The fourth-order valence-corrected chi connectivity index (χ4v) is 2.24. The van der Waals surface area contributed by atoms with Gasteiger partial charge in [-0.15, -0.1) is 0 Å². The molecule has 0 fully saturated rings. The Morgan fingerprint density at radius 2 is 2.09 bits per heavy atom. The van der Waals surface area contributed by atoms with E-state index in [2.05, 4.69) is 21.4 Å². The monoisotopic (exact) mass is 309 g/mol. The van der Waals surface area contributed by atoms with Gasteiger partial charge in [-0.3, -0.25) is 14.8 Å². The van der Waals surface area contributed by atoms with Crippen molar-refractivity contribution in [2.24, 2.45) is 10.9 Å². The number of aliphatic imine (C=N–C) groups is 1. The Bertz CT molecular complexity index is 720. The summed E-state index contributed by atoms with van der Waals surface area (Å²) in [4.78, 5) is 20.4. The summed E-state index contributed by atoms with van der Waals surface area (Å²) in [5.74, 6) is 0.0582. The summed E-state index contributed by atoms with van der Waals surface area (Å²) >= 11 is 0. The Morgan fingerprint density at radius 1 is 1.30 bits per heavy atom. The number of nitrogens with zero attached hydrogens (tertiary/aromatic N) is 2. The molecule has 0 aliphatic heterocycles. The zero-order chi connectivity index (χ0) is 16.8. The van der Waals surface area contributed by atoms with Crippen LogP contribution in [0.25, 0.3) is 11.3 Å². The van der Waals surface area contributed by atoms with Crippen molar-refractivity contribution in [1.29, 1.82) is 0 Å². The molecule has 23 heavy (non-hydrogen) atoms. The van der Waals surface area contributed by atoms with Crippen LogP contribution < -0.4 is 5.32 Å². The van der Waals surface area contributed by atoms with Gasteiger partial charge in [-0.1, -0.05) is 32.0 Å². The lowest BCUT2D eigenvalue weighted by molar-refractivity contribution is -0.124. The maximum absolute atomic E-state index is 11.7. The molecule has 0 spiro atoms. The molecule has 0 aliphatic carbocycles. The molecule has 0 bridgehead atoms. The predicted octanol–water partition coefficient (Wildman–Crippen LogP) is 3.38. The third-order valence-electron chi connectivity index (χ3n) is 3.61. The van der Waals surface area contributed by atoms with E-state index in [4.69, 9.17) is 0 Å². The lowest BCUT2D eigenvalue weighted by Crippen LogP contribution is -2.27. The molecule has 2 aromatic rings. The molecule has 0 saturated carbocycles. The van der Waals surface area contributed by atoms with Crippen molar-refractivity contribution in [2.45, 2.75) is 27.3 Å². The number of hydrogen-bond donors (Lipinski definition) is 1. The number of aromatic nitrogens is 1. The van der Waals surface area contributed by atoms with Gasteiger partial charge in [0.25, 0.3) is 0 Å². The minimum atomic E-state index is -0.00438. The quantitative estimate of drug-likeness (QED) is 0.861. The van der Waals surface area contributed by atoms with Gasteiger partial charge in [0.15, 0.2) is 0 Å². The highest BCUT2D eigenvalue weighted by Crippen LogP contribution is 2.20. The molecule has 1 aromatic carbocycles. The molecule has 0 atom stereocenters. The average molecular weight is 309 g/mol. The van der Waals surface area contributed by atoms with Crippen molar-refractivity contribution < 1.29 is 4.79 Å². The maximum atomic E-state index is 11.7. The first kappa shape index (κ1) is 16.9. The molecule has 1 heterocycles. The first-order valence-electron chi connectivity index (χ1n) is 7.78. The molecule has 0 radical (unpaired) electrons. The van der Waals surface area contributed by atoms with Crippen LogP contribution in [-0.2, 0) is 11.3 Å². The molecule has 0 aliphatic rings. The third kappa shape index (κ3) is 4.49. The van der Waals surface area contributed by atoms with E-state index in [0.717, 1.165) is 28.1 Å². The highest BCUT2D eigenvalue weighted by molar-refractivity contribution is 5.81. The van der Waals surface area contributed by atoms with Gasteiger partial charge in [-0.2, -0.15) is 0 Å².